The van der Waals surface area contributed by atoms with Gasteiger partial charge in [-0.15, -0.1) is 11.3 Å². The van der Waals surface area contributed by atoms with Crippen molar-refractivity contribution >= 4 is 23.2 Å². The monoisotopic (exact) mass is 296 g/mol. The molecule has 0 aromatic carbocycles. The van der Waals surface area contributed by atoms with Gasteiger partial charge in [-0.05, 0) is 17.9 Å². The Bertz CT molecular complexity index is 481. The third-order valence-corrected chi connectivity index (χ3v) is 4.61. The Morgan fingerprint density at radius 1 is 1.55 bits per heavy atom. The number of thiophene rings is 1. The van der Waals surface area contributed by atoms with E-state index in [0.717, 1.165) is 4.88 Å². The van der Waals surface area contributed by atoms with Crippen LogP contribution in [0.4, 0.5) is 0 Å². The van der Waals surface area contributed by atoms with Gasteiger partial charge in [-0.2, -0.15) is 0 Å². The quantitative estimate of drug-likeness (QED) is 0.860. The second-order valence-electron chi connectivity index (χ2n) is 5.30. The van der Waals surface area contributed by atoms with E-state index in [1.807, 2.05) is 24.4 Å². The zero-order chi connectivity index (χ0) is 14.8. The number of carbonyl (C=O) groups excluding carboxylic acids is 2. The number of nitrogens with zero attached hydrogens (tertiary/aromatic N) is 1. The van der Waals surface area contributed by atoms with E-state index in [1.54, 1.807) is 4.90 Å². The summed E-state index contributed by atoms with van der Waals surface area (Å²) in [6.45, 7) is 4.14. The lowest BCUT2D eigenvalue weighted by atomic mass is 9.90. The van der Waals surface area contributed by atoms with Gasteiger partial charge in [0.05, 0.1) is 31.2 Å². The van der Waals surface area contributed by atoms with Gasteiger partial charge in [0.15, 0.2) is 0 Å². The Morgan fingerprint density at radius 2 is 2.25 bits per heavy atom. The summed E-state index contributed by atoms with van der Waals surface area (Å²) in [5.41, 5.74) is -0.720. The van der Waals surface area contributed by atoms with Gasteiger partial charge in [-0.3, -0.25) is 9.59 Å². The standard InChI is InChI=1S/C14H20N2O3S/c1-3-14(19)8-16(9-14)13(18)7-11(15-10(2)17)12-5-4-6-20-12/h4-6,11,19H,3,7-9H2,1-2H3,(H,15,17). The van der Waals surface area contributed by atoms with Crippen molar-refractivity contribution in [3.05, 3.63) is 22.4 Å². The Kier molecular flexibility index (Phi) is 4.45. The number of rotatable bonds is 5. The van der Waals surface area contributed by atoms with Crippen LogP contribution in [0, 0.1) is 0 Å². The Hall–Kier alpha value is -1.40. The molecule has 6 heteroatoms. The summed E-state index contributed by atoms with van der Waals surface area (Å²) in [4.78, 5) is 26.1. The summed E-state index contributed by atoms with van der Waals surface area (Å²) in [7, 11) is 0. The van der Waals surface area contributed by atoms with E-state index < -0.39 is 5.60 Å². The molecule has 2 heterocycles. The van der Waals surface area contributed by atoms with Crippen LogP contribution in [0.15, 0.2) is 17.5 Å². The molecule has 1 aromatic rings. The van der Waals surface area contributed by atoms with Crippen LogP contribution in [0.1, 0.15) is 37.6 Å². The van der Waals surface area contributed by atoms with Gasteiger partial charge in [0.1, 0.15) is 0 Å². The predicted molar refractivity (Wildman–Crippen MR) is 77.3 cm³/mol. The lowest BCUT2D eigenvalue weighted by molar-refractivity contribution is -0.156. The van der Waals surface area contributed by atoms with Crippen LogP contribution in [-0.4, -0.2) is 40.5 Å². The van der Waals surface area contributed by atoms with Crippen molar-refractivity contribution in [1.82, 2.24) is 10.2 Å². The van der Waals surface area contributed by atoms with E-state index in [4.69, 9.17) is 0 Å². The van der Waals surface area contributed by atoms with E-state index >= 15 is 0 Å². The summed E-state index contributed by atoms with van der Waals surface area (Å²) in [6, 6.07) is 3.53. The molecule has 0 spiro atoms. The van der Waals surface area contributed by atoms with Gasteiger partial charge in [0, 0.05) is 11.8 Å². The van der Waals surface area contributed by atoms with Crippen LogP contribution < -0.4 is 5.32 Å². The maximum absolute atomic E-state index is 12.2. The van der Waals surface area contributed by atoms with E-state index in [-0.39, 0.29) is 24.3 Å². The molecular weight excluding hydrogens is 276 g/mol. The molecular formula is C14H20N2O3S. The SMILES string of the molecule is CCC1(O)CN(C(=O)CC(NC(C)=O)c2cccs2)C1. The molecule has 2 rings (SSSR count). The van der Waals surface area contributed by atoms with Crippen molar-refractivity contribution in [2.75, 3.05) is 13.1 Å². The lowest BCUT2D eigenvalue weighted by Crippen LogP contribution is -2.63. The van der Waals surface area contributed by atoms with Gasteiger partial charge in [0.2, 0.25) is 11.8 Å². The van der Waals surface area contributed by atoms with Gasteiger partial charge in [-0.1, -0.05) is 13.0 Å². The molecule has 0 radical (unpaired) electrons. The number of β-amino-alcohol motifs (C(OH)–C–C–N with tert-alkyl or cyclic N) is 1. The fourth-order valence-corrected chi connectivity index (χ4v) is 3.10. The Balaban J connectivity index is 1.95. The Morgan fingerprint density at radius 3 is 2.75 bits per heavy atom. The molecule has 5 nitrogen and oxygen atoms in total. The molecule has 1 fully saturated rings. The maximum Gasteiger partial charge on any atom is 0.225 e. The molecule has 1 aromatic heterocycles. The number of hydrogen-bond donors (Lipinski definition) is 2. The van der Waals surface area contributed by atoms with Crippen molar-refractivity contribution < 1.29 is 14.7 Å². The number of aliphatic hydroxyl groups is 1. The number of amides is 2. The van der Waals surface area contributed by atoms with Gasteiger partial charge in [0.25, 0.3) is 0 Å². The molecule has 1 aliphatic heterocycles. The van der Waals surface area contributed by atoms with Crippen molar-refractivity contribution in [1.29, 1.82) is 0 Å². The first kappa shape index (κ1) is 15.0. The summed E-state index contributed by atoms with van der Waals surface area (Å²) < 4.78 is 0. The van der Waals surface area contributed by atoms with Crippen molar-refractivity contribution in [2.45, 2.75) is 38.3 Å². The first-order chi connectivity index (χ1) is 9.43. The van der Waals surface area contributed by atoms with Gasteiger partial charge < -0.3 is 15.3 Å². The average Bonchev–Trinajstić information content (AvgIpc) is 2.87. The van der Waals surface area contributed by atoms with Crippen molar-refractivity contribution in [2.24, 2.45) is 0 Å². The smallest absolute Gasteiger partial charge is 0.225 e. The van der Waals surface area contributed by atoms with Gasteiger partial charge in [-0.25, -0.2) is 0 Å². The largest absolute Gasteiger partial charge is 0.386 e. The van der Waals surface area contributed by atoms with Crippen LogP contribution in [-0.2, 0) is 9.59 Å². The van der Waals surface area contributed by atoms with E-state index in [2.05, 4.69) is 5.32 Å². The van der Waals surface area contributed by atoms with Crippen molar-refractivity contribution in [3.8, 4) is 0 Å². The van der Waals surface area contributed by atoms with E-state index in [0.29, 0.717) is 19.5 Å². The summed E-state index contributed by atoms with van der Waals surface area (Å²) in [5, 5.41) is 14.7. The molecule has 2 N–H and O–H groups in total. The fourth-order valence-electron chi connectivity index (χ4n) is 2.33. The molecule has 1 aliphatic rings. The molecule has 1 atom stereocenters. The normalized spacial score (nSPS) is 18.2. The second-order valence-corrected chi connectivity index (χ2v) is 6.28. The highest BCUT2D eigenvalue weighted by Crippen LogP contribution is 2.28. The molecule has 2 amide bonds. The van der Waals surface area contributed by atoms with Crippen LogP contribution in [0.5, 0.6) is 0 Å². The first-order valence-corrected chi connectivity index (χ1v) is 7.62. The number of hydrogen-bond acceptors (Lipinski definition) is 4. The molecule has 1 unspecified atom stereocenters. The molecule has 0 bridgehead atoms. The minimum Gasteiger partial charge on any atom is -0.386 e. The zero-order valence-electron chi connectivity index (χ0n) is 11.8. The number of likely N-dealkylation sites (tertiary alicyclic amines) is 1. The molecule has 110 valence electrons. The Labute approximate surface area is 122 Å². The van der Waals surface area contributed by atoms with Gasteiger partial charge >= 0.3 is 0 Å². The molecule has 0 saturated carbocycles. The third kappa shape index (κ3) is 3.37. The summed E-state index contributed by atoms with van der Waals surface area (Å²) in [6.07, 6.45) is 0.886. The van der Waals surface area contributed by atoms with Crippen LogP contribution in [0.3, 0.4) is 0 Å². The minimum absolute atomic E-state index is 0.0322. The van der Waals surface area contributed by atoms with Crippen LogP contribution in [0.25, 0.3) is 0 Å². The van der Waals surface area contributed by atoms with E-state index in [9.17, 15) is 14.7 Å². The van der Waals surface area contributed by atoms with Crippen molar-refractivity contribution in [3.63, 3.8) is 0 Å². The highest BCUT2D eigenvalue weighted by molar-refractivity contribution is 7.10. The third-order valence-electron chi connectivity index (χ3n) is 3.62. The zero-order valence-corrected chi connectivity index (χ0v) is 12.6. The molecule has 0 aliphatic carbocycles. The highest BCUT2D eigenvalue weighted by Gasteiger charge is 2.42. The number of nitrogens with one attached hydrogen (secondary N) is 1. The number of carbonyl (C=O) groups is 2. The maximum atomic E-state index is 12.2. The van der Waals surface area contributed by atoms with Crippen LogP contribution in [0.2, 0.25) is 0 Å². The lowest BCUT2D eigenvalue weighted by Gasteiger charge is -2.46. The van der Waals surface area contributed by atoms with E-state index in [1.165, 1.54) is 18.3 Å². The fraction of sp³-hybridized carbons (Fsp3) is 0.571. The summed E-state index contributed by atoms with van der Waals surface area (Å²) in [5.74, 6) is -0.180. The van der Waals surface area contributed by atoms with Crippen LogP contribution >= 0.6 is 11.3 Å². The topological polar surface area (TPSA) is 69.6 Å². The molecule has 1 saturated heterocycles. The highest BCUT2D eigenvalue weighted by atomic mass is 32.1. The molecule has 20 heavy (non-hydrogen) atoms. The average molecular weight is 296 g/mol. The minimum atomic E-state index is -0.720. The second kappa shape index (κ2) is 5.93. The first-order valence-electron chi connectivity index (χ1n) is 6.74. The summed E-state index contributed by atoms with van der Waals surface area (Å²) >= 11 is 1.52. The predicted octanol–water partition coefficient (Wildman–Crippen LogP) is 1.30.